The van der Waals surface area contributed by atoms with Crippen LogP contribution in [0.5, 0.6) is 5.75 Å². The van der Waals surface area contributed by atoms with E-state index in [4.69, 9.17) is 14.2 Å². The second-order valence-electron chi connectivity index (χ2n) is 9.12. The molecule has 1 saturated heterocycles. The summed E-state index contributed by atoms with van der Waals surface area (Å²) in [4.78, 5) is 0. The van der Waals surface area contributed by atoms with Crippen LogP contribution in [0.1, 0.15) is 87.2 Å². The third-order valence-corrected chi connectivity index (χ3v) is 6.99. The molecule has 2 aliphatic rings. The molecule has 4 rings (SSSR count). The molecule has 1 saturated carbocycles. The predicted octanol–water partition coefficient (Wildman–Crippen LogP) is 7.27. The van der Waals surface area contributed by atoms with E-state index in [1.54, 1.807) is 0 Å². The lowest BCUT2D eigenvalue weighted by Crippen LogP contribution is -2.26. The van der Waals surface area contributed by atoms with Crippen molar-refractivity contribution in [3.63, 3.8) is 0 Å². The van der Waals surface area contributed by atoms with Crippen LogP contribution >= 0.6 is 0 Å². The molecular weight excluding hydrogens is 410 g/mol. The Balaban J connectivity index is 1.34. The van der Waals surface area contributed by atoms with Crippen LogP contribution in [0.15, 0.2) is 36.4 Å². The highest BCUT2D eigenvalue weighted by Gasteiger charge is 2.29. The number of rotatable bonds is 7. The first kappa shape index (κ1) is 23.2. The maximum Gasteiger partial charge on any atom is 0.201 e. The van der Waals surface area contributed by atoms with Crippen molar-refractivity contribution in [3.8, 4) is 5.75 Å². The molecule has 0 atom stereocenters. The van der Waals surface area contributed by atoms with Gasteiger partial charge in [-0.1, -0.05) is 44.5 Å². The van der Waals surface area contributed by atoms with Crippen LogP contribution in [0.3, 0.4) is 0 Å². The molecule has 2 aromatic carbocycles. The maximum absolute atomic E-state index is 14.5. The summed E-state index contributed by atoms with van der Waals surface area (Å²) >= 11 is 0. The van der Waals surface area contributed by atoms with Crippen molar-refractivity contribution >= 4 is 0 Å². The molecule has 0 aromatic heterocycles. The van der Waals surface area contributed by atoms with Crippen molar-refractivity contribution < 1.29 is 23.0 Å². The maximum atomic E-state index is 14.5. The number of halogens is 2. The Hall–Kier alpha value is -1.98. The Morgan fingerprint density at radius 2 is 1.44 bits per heavy atom. The van der Waals surface area contributed by atoms with Gasteiger partial charge in [0.1, 0.15) is 0 Å². The molecule has 174 valence electrons. The van der Waals surface area contributed by atoms with E-state index < -0.39 is 17.9 Å². The van der Waals surface area contributed by atoms with Gasteiger partial charge in [0.15, 0.2) is 17.9 Å². The summed E-state index contributed by atoms with van der Waals surface area (Å²) in [6.45, 7) is 5.35. The number of hydrogen-bond acceptors (Lipinski definition) is 3. The molecule has 0 N–H and O–H groups in total. The molecule has 32 heavy (non-hydrogen) atoms. The molecule has 3 nitrogen and oxygen atoms in total. The van der Waals surface area contributed by atoms with Crippen molar-refractivity contribution in [1.82, 2.24) is 0 Å². The fourth-order valence-corrected chi connectivity index (χ4v) is 4.87. The second kappa shape index (κ2) is 10.8. The van der Waals surface area contributed by atoms with Crippen molar-refractivity contribution in [2.24, 2.45) is 5.92 Å². The highest BCUT2D eigenvalue weighted by atomic mass is 19.2. The summed E-state index contributed by atoms with van der Waals surface area (Å²) in [6.07, 6.45) is 6.32. The Labute approximate surface area is 190 Å². The van der Waals surface area contributed by atoms with Gasteiger partial charge in [0.05, 0.1) is 19.8 Å². The lowest BCUT2D eigenvalue weighted by atomic mass is 9.77. The Kier molecular flexibility index (Phi) is 7.80. The molecule has 1 heterocycles. The summed E-state index contributed by atoms with van der Waals surface area (Å²) in [5.74, 6) is -0.398. The summed E-state index contributed by atoms with van der Waals surface area (Å²) in [7, 11) is 0. The number of ether oxygens (including phenoxy) is 3. The molecule has 0 radical (unpaired) electrons. The van der Waals surface area contributed by atoms with E-state index >= 15 is 0 Å². The topological polar surface area (TPSA) is 27.7 Å². The molecule has 0 spiro atoms. The van der Waals surface area contributed by atoms with Crippen molar-refractivity contribution in [3.05, 3.63) is 64.7 Å². The first-order chi connectivity index (χ1) is 15.6. The molecule has 0 amide bonds. The standard InChI is InChI=1S/C27H34F2O3/c1-3-15-30-24-14-13-23(25(28)26(24)29)27-31-16-22(17-32-27)21-11-9-20(10-12-21)19-7-5-18(4-2)6-8-19/h9-14,18-19,22,27H,3-8,15-17H2,1-2H3. The number of hydrogen-bond donors (Lipinski definition) is 0. The van der Waals surface area contributed by atoms with Gasteiger partial charge in [-0.2, -0.15) is 4.39 Å². The first-order valence-corrected chi connectivity index (χ1v) is 12.0. The van der Waals surface area contributed by atoms with Crippen molar-refractivity contribution in [2.75, 3.05) is 19.8 Å². The van der Waals surface area contributed by atoms with E-state index in [9.17, 15) is 8.78 Å². The Morgan fingerprint density at radius 1 is 0.812 bits per heavy atom. The highest BCUT2D eigenvalue weighted by Crippen LogP contribution is 2.38. The lowest BCUT2D eigenvalue weighted by molar-refractivity contribution is -0.193. The van der Waals surface area contributed by atoms with Crippen LogP contribution in [-0.2, 0) is 9.47 Å². The minimum atomic E-state index is -0.992. The molecule has 1 aliphatic heterocycles. The van der Waals surface area contributed by atoms with Crippen molar-refractivity contribution in [1.29, 1.82) is 0 Å². The number of benzene rings is 2. The van der Waals surface area contributed by atoms with Gasteiger partial charge < -0.3 is 14.2 Å². The van der Waals surface area contributed by atoms with E-state index in [1.165, 1.54) is 49.8 Å². The van der Waals surface area contributed by atoms with Gasteiger partial charge in [0.25, 0.3) is 0 Å². The van der Waals surface area contributed by atoms with E-state index in [1.807, 2.05) is 6.92 Å². The fourth-order valence-electron chi connectivity index (χ4n) is 4.87. The SMILES string of the molecule is CCCOc1ccc(C2OCC(c3ccc(C4CCC(CC)CC4)cc3)CO2)c(F)c1F. The smallest absolute Gasteiger partial charge is 0.201 e. The van der Waals surface area contributed by atoms with E-state index in [-0.39, 0.29) is 17.2 Å². The average molecular weight is 445 g/mol. The molecule has 0 bridgehead atoms. The Bertz CT molecular complexity index is 867. The van der Waals surface area contributed by atoms with Gasteiger partial charge in [-0.3, -0.25) is 0 Å². The fraction of sp³-hybridized carbons (Fsp3) is 0.556. The van der Waals surface area contributed by atoms with E-state index in [0.29, 0.717) is 25.7 Å². The van der Waals surface area contributed by atoms with Gasteiger partial charge in [0, 0.05) is 11.5 Å². The minimum absolute atomic E-state index is 0.0721. The third kappa shape index (κ3) is 5.15. The molecule has 2 aromatic rings. The quantitative estimate of drug-likeness (QED) is 0.450. The summed E-state index contributed by atoms with van der Waals surface area (Å²) in [5.41, 5.74) is 2.65. The van der Waals surface area contributed by atoms with Crippen LogP contribution in [0.2, 0.25) is 0 Å². The van der Waals surface area contributed by atoms with Gasteiger partial charge in [-0.05, 0) is 67.2 Å². The summed E-state index contributed by atoms with van der Waals surface area (Å²) < 4.78 is 45.7. The van der Waals surface area contributed by atoms with Gasteiger partial charge >= 0.3 is 0 Å². The summed E-state index contributed by atoms with van der Waals surface area (Å²) in [5, 5.41) is 0. The third-order valence-electron chi connectivity index (χ3n) is 6.99. The van der Waals surface area contributed by atoms with Gasteiger partial charge in [0.2, 0.25) is 5.82 Å². The predicted molar refractivity (Wildman–Crippen MR) is 121 cm³/mol. The van der Waals surface area contributed by atoms with Crippen LogP contribution in [0.4, 0.5) is 8.78 Å². The molecule has 0 unspecified atom stereocenters. The largest absolute Gasteiger partial charge is 0.490 e. The molecule has 5 heteroatoms. The molecular formula is C27H34F2O3. The highest BCUT2D eigenvalue weighted by molar-refractivity contribution is 5.32. The zero-order chi connectivity index (χ0) is 22.5. The van der Waals surface area contributed by atoms with Gasteiger partial charge in [-0.25, -0.2) is 4.39 Å². The zero-order valence-electron chi connectivity index (χ0n) is 19.1. The van der Waals surface area contributed by atoms with Crippen molar-refractivity contribution in [2.45, 2.75) is 70.5 Å². The van der Waals surface area contributed by atoms with E-state index in [2.05, 4.69) is 31.2 Å². The monoisotopic (exact) mass is 444 g/mol. The second-order valence-corrected chi connectivity index (χ2v) is 9.12. The van der Waals surface area contributed by atoms with Crippen LogP contribution < -0.4 is 4.74 Å². The normalized spacial score (nSPS) is 26.1. The van der Waals surface area contributed by atoms with Crippen LogP contribution in [0, 0.1) is 17.6 Å². The lowest BCUT2D eigenvalue weighted by Gasteiger charge is -2.31. The Morgan fingerprint density at radius 3 is 2.03 bits per heavy atom. The zero-order valence-corrected chi connectivity index (χ0v) is 19.1. The molecule has 1 aliphatic carbocycles. The van der Waals surface area contributed by atoms with Crippen LogP contribution in [-0.4, -0.2) is 19.8 Å². The summed E-state index contributed by atoms with van der Waals surface area (Å²) in [6, 6.07) is 11.7. The first-order valence-electron chi connectivity index (χ1n) is 12.0. The van der Waals surface area contributed by atoms with Gasteiger partial charge in [-0.15, -0.1) is 0 Å². The van der Waals surface area contributed by atoms with Crippen LogP contribution in [0.25, 0.3) is 0 Å². The molecule has 2 fully saturated rings. The minimum Gasteiger partial charge on any atom is -0.490 e. The average Bonchev–Trinajstić information content (AvgIpc) is 2.85. The van der Waals surface area contributed by atoms with E-state index in [0.717, 1.165) is 17.9 Å².